The Labute approximate surface area is 118 Å². The van der Waals surface area contributed by atoms with Crippen LogP contribution in [0.15, 0.2) is 24.3 Å². The fourth-order valence-electron chi connectivity index (χ4n) is 2.20. The van der Waals surface area contributed by atoms with Crippen molar-refractivity contribution < 1.29 is 14.7 Å². The molecule has 1 fully saturated rings. The van der Waals surface area contributed by atoms with E-state index in [1.54, 1.807) is 19.1 Å². The van der Waals surface area contributed by atoms with Gasteiger partial charge in [-0.1, -0.05) is 6.07 Å². The summed E-state index contributed by atoms with van der Waals surface area (Å²) >= 11 is 0. The second kappa shape index (κ2) is 5.53. The summed E-state index contributed by atoms with van der Waals surface area (Å²) < 4.78 is 0. The lowest BCUT2D eigenvalue weighted by atomic mass is 10.1. The maximum atomic E-state index is 12.6. The van der Waals surface area contributed by atoms with E-state index in [4.69, 9.17) is 5.11 Å². The molecule has 1 saturated carbocycles. The van der Waals surface area contributed by atoms with Crippen LogP contribution in [-0.4, -0.2) is 48.1 Å². The highest BCUT2D eigenvalue weighted by Crippen LogP contribution is 2.30. The molecule has 2 rings (SSSR count). The number of hydrogen-bond donors (Lipinski definition) is 1. The lowest BCUT2D eigenvalue weighted by Crippen LogP contribution is -2.44. The molecule has 0 radical (unpaired) electrons. The van der Waals surface area contributed by atoms with Crippen molar-refractivity contribution in [1.29, 1.82) is 0 Å². The summed E-state index contributed by atoms with van der Waals surface area (Å²) in [6.45, 7) is 1.56. The normalized spacial score (nSPS) is 15.6. The second-order valence-electron chi connectivity index (χ2n) is 5.40. The van der Waals surface area contributed by atoms with Crippen molar-refractivity contribution in [1.82, 2.24) is 4.90 Å². The Hall–Kier alpha value is -2.04. The van der Waals surface area contributed by atoms with Crippen molar-refractivity contribution in [2.75, 3.05) is 19.0 Å². The number of hydrogen-bond acceptors (Lipinski definition) is 3. The Morgan fingerprint density at radius 1 is 1.30 bits per heavy atom. The summed E-state index contributed by atoms with van der Waals surface area (Å²) in [7, 11) is 3.81. The third-order valence-corrected chi connectivity index (χ3v) is 3.56. The van der Waals surface area contributed by atoms with Crippen molar-refractivity contribution in [3.8, 4) is 0 Å². The maximum Gasteiger partial charge on any atom is 0.326 e. The number of carbonyl (C=O) groups excluding carboxylic acids is 1. The molecule has 0 spiro atoms. The fraction of sp³-hybridized carbons (Fsp3) is 0.467. The first-order chi connectivity index (χ1) is 9.41. The van der Waals surface area contributed by atoms with Gasteiger partial charge in [0.15, 0.2) is 0 Å². The topological polar surface area (TPSA) is 60.9 Å². The molecule has 20 heavy (non-hydrogen) atoms. The number of carboxylic acids is 1. The number of amides is 1. The summed E-state index contributed by atoms with van der Waals surface area (Å²) in [4.78, 5) is 27.2. The summed E-state index contributed by atoms with van der Waals surface area (Å²) in [5.74, 6) is -1.17. The average molecular weight is 276 g/mol. The quantitative estimate of drug-likeness (QED) is 0.891. The van der Waals surface area contributed by atoms with E-state index in [9.17, 15) is 9.59 Å². The van der Waals surface area contributed by atoms with Crippen LogP contribution in [0, 0.1) is 0 Å². The molecule has 1 aliphatic carbocycles. The third kappa shape index (κ3) is 2.92. The molecule has 1 aliphatic rings. The molecule has 0 heterocycles. The van der Waals surface area contributed by atoms with Crippen LogP contribution in [0.4, 0.5) is 5.69 Å². The molecular weight excluding hydrogens is 256 g/mol. The first kappa shape index (κ1) is 14.4. The Balaban J connectivity index is 2.28. The van der Waals surface area contributed by atoms with Gasteiger partial charge in [0, 0.05) is 31.4 Å². The molecular formula is C15H20N2O3. The van der Waals surface area contributed by atoms with Crippen LogP contribution < -0.4 is 4.90 Å². The van der Waals surface area contributed by atoms with Crippen LogP contribution in [0.25, 0.3) is 0 Å². The summed E-state index contributed by atoms with van der Waals surface area (Å²) in [6.07, 6.45) is 1.77. The van der Waals surface area contributed by atoms with Gasteiger partial charge >= 0.3 is 5.97 Å². The minimum absolute atomic E-state index is 0.0663. The standard InChI is InChI=1S/C15H20N2O3/c1-10(15(19)20)17(12-7-8-12)14(18)11-5-4-6-13(9-11)16(2)3/h4-6,9-10,12H,7-8H2,1-3H3,(H,19,20). The molecule has 5 heteroatoms. The van der Waals surface area contributed by atoms with E-state index in [0.717, 1.165) is 18.5 Å². The van der Waals surface area contributed by atoms with Gasteiger partial charge in [0.25, 0.3) is 5.91 Å². The molecule has 5 nitrogen and oxygen atoms in total. The number of aliphatic carboxylic acids is 1. The van der Waals surface area contributed by atoms with Gasteiger partial charge < -0.3 is 14.9 Å². The van der Waals surface area contributed by atoms with Crippen molar-refractivity contribution in [2.45, 2.75) is 31.8 Å². The van der Waals surface area contributed by atoms with Crippen molar-refractivity contribution in [3.63, 3.8) is 0 Å². The summed E-state index contributed by atoms with van der Waals surface area (Å²) in [5, 5.41) is 9.17. The van der Waals surface area contributed by atoms with Crippen molar-refractivity contribution in [2.24, 2.45) is 0 Å². The predicted octanol–water partition coefficient (Wildman–Crippen LogP) is 1.83. The fourth-order valence-corrected chi connectivity index (χ4v) is 2.20. The Bertz CT molecular complexity index is 524. The van der Waals surface area contributed by atoms with Gasteiger partial charge in [-0.05, 0) is 38.0 Å². The number of rotatable bonds is 5. The van der Waals surface area contributed by atoms with Gasteiger partial charge in [-0.15, -0.1) is 0 Å². The monoisotopic (exact) mass is 276 g/mol. The highest BCUT2D eigenvalue weighted by atomic mass is 16.4. The highest BCUT2D eigenvalue weighted by molar-refractivity contribution is 5.97. The Kier molecular flexibility index (Phi) is 3.97. The van der Waals surface area contributed by atoms with E-state index < -0.39 is 12.0 Å². The van der Waals surface area contributed by atoms with E-state index in [2.05, 4.69) is 0 Å². The van der Waals surface area contributed by atoms with Gasteiger partial charge in [0.1, 0.15) is 6.04 Å². The van der Waals surface area contributed by atoms with Crippen molar-refractivity contribution in [3.05, 3.63) is 29.8 Å². The summed E-state index contributed by atoms with van der Waals surface area (Å²) in [5.41, 5.74) is 1.46. The van der Waals surface area contributed by atoms with E-state index in [0.29, 0.717) is 5.56 Å². The lowest BCUT2D eigenvalue weighted by Gasteiger charge is -2.27. The predicted molar refractivity (Wildman–Crippen MR) is 77.1 cm³/mol. The highest BCUT2D eigenvalue weighted by Gasteiger charge is 2.38. The van der Waals surface area contributed by atoms with Crippen LogP contribution >= 0.6 is 0 Å². The zero-order chi connectivity index (χ0) is 14.9. The van der Waals surface area contributed by atoms with E-state index in [-0.39, 0.29) is 11.9 Å². The summed E-state index contributed by atoms with van der Waals surface area (Å²) in [6, 6.07) is 6.54. The van der Waals surface area contributed by atoms with Gasteiger partial charge in [-0.2, -0.15) is 0 Å². The number of carbonyl (C=O) groups is 2. The molecule has 0 aliphatic heterocycles. The zero-order valence-electron chi connectivity index (χ0n) is 12.0. The van der Waals surface area contributed by atoms with E-state index in [1.807, 2.05) is 31.1 Å². The largest absolute Gasteiger partial charge is 0.480 e. The van der Waals surface area contributed by atoms with E-state index in [1.165, 1.54) is 4.90 Å². The van der Waals surface area contributed by atoms with E-state index >= 15 is 0 Å². The maximum absolute atomic E-state index is 12.6. The van der Waals surface area contributed by atoms with Crippen LogP contribution in [-0.2, 0) is 4.79 Å². The first-order valence-corrected chi connectivity index (χ1v) is 6.74. The lowest BCUT2D eigenvalue weighted by molar-refractivity contribution is -0.141. The first-order valence-electron chi connectivity index (χ1n) is 6.74. The van der Waals surface area contributed by atoms with Gasteiger partial charge in [-0.3, -0.25) is 4.79 Å². The number of benzene rings is 1. The minimum Gasteiger partial charge on any atom is -0.480 e. The van der Waals surface area contributed by atoms with Crippen LogP contribution in [0.2, 0.25) is 0 Å². The van der Waals surface area contributed by atoms with Crippen LogP contribution in [0.3, 0.4) is 0 Å². The molecule has 0 bridgehead atoms. The Morgan fingerprint density at radius 3 is 2.45 bits per heavy atom. The average Bonchev–Trinajstić information content (AvgIpc) is 3.23. The number of anilines is 1. The molecule has 108 valence electrons. The number of nitrogens with zero attached hydrogens (tertiary/aromatic N) is 2. The zero-order valence-corrected chi connectivity index (χ0v) is 12.0. The molecule has 0 saturated heterocycles. The van der Waals surface area contributed by atoms with Gasteiger partial charge in [0.05, 0.1) is 0 Å². The van der Waals surface area contributed by atoms with Crippen molar-refractivity contribution >= 4 is 17.6 Å². The third-order valence-electron chi connectivity index (χ3n) is 3.56. The van der Waals surface area contributed by atoms with Gasteiger partial charge in [-0.25, -0.2) is 4.79 Å². The molecule has 1 amide bonds. The van der Waals surface area contributed by atoms with Crippen LogP contribution in [0.1, 0.15) is 30.1 Å². The SMILES string of the molecule is CC(C(=O)O)N(C(=O)c1cccc(N(C)C)c1)C1CC1. The molecule has 1 atom stereocenters. The van der Waals surface area contributed by atoms with Crippen LogP contribution in [0.5, 0.6) is 0 Å². The van der Waals surface area contributed by atoms with Gasteiger partial charge in [0.2, 0.25) is 0 Å². The smallest absolute Gasteiger partial charge is 0.326 e. The molecule has 1 N–H and O–H groups in total. The Morgan fingerprint density at radius 2 is 1.95 bits per heavy atom. The second-order valence-corrected chi connectivity index (χ2v) is 5.40. The molecule has 1 aromatic rings. The number of carboxylic acid groups (broad SMARTS) is 1. The molecule has 1 aromatic carbocycles. The molecule has 1 unspecified atom stereocenters. The minimum atomic E-state index is -0.964. The molecule has 0 aromatic heterocycles.